The van der Waals surface area contributed by atoms with Crippen LogP contribution < -0.4 is 10.6 Å². The molecule has 3 aromatic rings. The zero-order valence-electron chi connectivity index (χ0n) is 20.6. The third-order valence-corrected chi connectivity index (χ3v) is 7.73. The summed E-state index contributed by atoms with van der Waals surface area (Å²) >= 11 is 0. The summed E-state index contributed by atoms with van der Waals surface area (Å²) in [6, 6.07) is 28.1. The molecule has 0 radical (unpaired) electrons. The van der Waals surface area contributed by atoms with Crippen LogP contribution in [0.25, 0.3) is 0 Å². The van der Waals surface area contributed by atoms with Gasteiger partial charge in [0.15, 0.2) is 0 Å². The second-order valence-corrected chi connectivity index (χ2v) is 10.4. The predicted molar refractivity (Wildman–Crippen MR) is 146 cm³/mol. The normalized spacial score (nSPS) is 17.4. The Morgan fingerprint density at radius 3 is 1.32 bits per heavy atom. The fourth-order valence-electron chi connectivity index (χ4n) is 5.82. The second kappa shape index (κ2) is 11.6. The maximum atomic E-state index is 4.00. The molecule has 0 atom stereocenters. The lowest BCUT2D eigenvalue weighted by atomic mass is 9.91. The SMILES string of the molecule is c1ccc(Cc2cc(Cc3ccccc3)c(NC3CCCCC3)cc2NC2CCCCC2)cc1. The van der Waals surface area contributed by atoms with Gasteiger partial charge in [-0.2, -0.15) is 0 Å². The third kappa shape index (κ3) is 6.23. The molecule has 3 aromatic carbocycles. The Labute approximate surface area is 206 Å². The van der Waals surface area contributed by atoms with Crippen molar-refractivity contribution in [1.29, 1.82) is 0 Å². The fraction of sp³-hybridized carbons (Fsp3) is 0.438. The van der Waals surface area contributed by atoms with Gasteiger partial charge in [0.05, 0.1) is 0 Å². The molecule has 0 heterocycles. The largest absolute Gasteiger partial charge is 0.382 e. The Morgan fingerprint density at radius 2 is 0.912 bits per heavy atom. The van der Waals surface area contributed by atoms with Gasteiger partial charge in [-0.05, 0) is 66.8 Å². The molecule has 0 spiro atoms. The first-order chi connectivity index (χ1) is 16.8. The van der Waals surface area contributed by atoms with Crippen molar-refractivity contribution in [2.45, 2.75) is 89.1 Å². The van der Waals surface area contributed by atoms with Gasteiger partial charge < -0.3 is 10.6 Å². The zero-order valence-corrected chi connectivity index (χ0v) is 20.6. The molecule has 2 heteroatoms. The van der Waals surface area contributed by atoms with Crippen LogP contribution in [-0.4, -0.2) is 12.1 Å². The molecule has 0 saturated heterocycles. The van der Waals surface area contributed by atoms with E-state index in [1.807, 2.05) is 0 Å². The second-order valence-electron chi connectivity index (χ2n) is 10.4. The highest BCUT2D eigenvalue weighted by Gasteiger charge is 2.19. The molecular formula is C32H40N2. The molecular weight excluding hydrogens is 412 g/mol. The lowest BCUT2D eigenvalue weighted by Gasteiger charge is -2.29. The quantitative estimate of drug-likeness (QED) is 0.359. The van der Waals surface area contributed by atoms with Crippen LogP contribution in [0.5, 0.6) is 0 Å². The van der Waals surface area contributed by atoms with Crippen LogP contribution in [0.15, 0.2) is 72.8 Å². The van der Waals surface area contributed by atoms with Crippen LogP contribution in [-0.2, 0) is 12.8 Å². The van der Waals surface area contributed by atoms with Crippen molar-refractivity contribution in [3.8, 4) is 0 Å². The third-order valence-electron chi connectivity index (χ3n) is 7.73. The van der Waals surface area contributed by atoms with Crippen molar-refractivity contribution in [3.05, 3.63) is 95.1 Å². The summed E-state index contributed by atoms with van der Waals surface area (Å²) in [5.74, 6) is 0. The summed E-state index contributed by atoms with van der Waals surface area (Å²) in [6.07, 6.45) is 15.3. The molecule has 2 N–H and O–H groups in total. The van der Waals surface area contributed by atoms with Crippen molar-refractivity contribution < 1.29 is 0 Å². The van der Waals surface area contributed by atoms with Crippen molar-refractivity contribution >= 4 is 11.4 Å². The Bertz CT molecular complexity index is 935. The molecule has 2 saturated carbocycles. The maximum Gasteiger partial charge on any atom is 0.0399 e. The number of benzene rings is 3. The van der Waals surface area contributed by atoms with E-state index in [0.29, 0.717) is 12.1 Å². The van der Waals surface area contributed by atoms with E-state index in [-0.39, 0.29) is 0 Å². The van der Waals surface area contributed by atoms with E-state index in [4.69, 9.17) is 0 Å². The van der Waals surface area contributed by atoms with Crippen LogP contribution in [0.3, 0.4) is 0 Å². The van der Waals surface area contributed by atoms with Gasteiger partial charge in [0.25, 0.3) is 0 Å². The van der Waals surface area contributed by atoms with Crippen LogP contribution >= 0.6 is 0 Å². The van der Waals surface area contributed by atoms with E-state index in [2.05, 4.69) is 83.4 Å². The molecule has 2 aliphatic rings. The standard InChI is InChI=1S/C32H40N2/c1-5-13-25(14-6-1)21-27-23-28(22-26-15-7-2-8-16-26)32(34-30-19-11-4-12-20-30)24-31(27)33-29-17-9-3-10-18-29/h1-2,5-8,13-16,23-24,29-30,33-34H,3-4,9-12,17-22H2. The van der Waals surface area contributed by atoms with Crippen LogP contribution in [0, 0.1) is 0 Å². The molecule has 0 aliphatic heterocycles. The van der Waals surface area contributed by atoms with E-state index >= 15 is 0 Å². The maximum absolute atomic E-state index is 4.00. The minimum Gasteiger partial charge on any atom is -0.382 e. The van der Waals surface area contributed by atoms with E-state index < -0.39 is 0 Å². The van der Waals surface area contributed by atoms with Crippen molar-refractivity contribution in [2.24, 2.45) is 0 Å². The molecule has 34 heavy (non-hydrogen) atoms. The molecule has 0 bridgehead atoms. The van der Waals surface area contributed by atoms with Crippen molar-refractivity contribution in [1.82, 2.24) is 0 Å². The summed E-state index contributed by atoms with van der Waals surface area (Å²) in [5, 5.41) is 8.00. The van der Waals surface area contributed by atoms with Crippen LogP contribution in [0.4, 0.5) is 11.4 Å². The van der Waals surface area contributed by atoms with Gasteiger partial charge >= 0.3 is 0 Å². The lowest BCUT2D eigenvalue weighted by molar-refractivity contribution is 0.461. The summed E-state index contributed by atoms with van der Waals surface area (Å²) in [5.41, 5.74) is 8.30. The monoisotopic (exact) mass is 452 g/mol. The molecule has 178 valence electrons. The highest BCUT2D eigenvalue weighted by Crippen LogP contribution is 2.33. The molecule has 2 fully saturated rings. The van der Waals surface area contributed by atoms with Crippen molar-refractivity contribution in [2.75, 3.05) is 10.6 Å². The van der Waals surface area contributed by atoms with Crippen LogP contribution in [0.1, 0.15) is 86.5 Å². The predicted octanol–water partition coefficient (Wildman–Crippen LogP) is 8.36. The first kappa shape index (κ1) is 23.0. The lowest BCUT2D eigenvalue weighted by Crippen LogP contribution is -2.25. The Balaban J connectivity index is 1.50. The smallest absolute Gasteiger partial charge is 0.0399 e. The molecule has 0 aromatic heterocycles. The average molecular weight is 453 g/mol. The number of hydrogen-bond acceptors (Lipinski definition) is 2. The summed E-state index contributed by atoms with van der Waals surface area (Å²) in [7, 11) is 0. The van der Waals surface area contributed by atoms with Gasteiger partial charge in [0.2, 0.25) is 0 Å². The number of nitrogens with one attached hydrogen (secondary N) is 2. The molecule has 5 rings (SSSR count). The van der Waals surface area contributed by atoms with Gasteiger partial charge in [-0.25, -0.2) is 0 Å². The summed E-state index contributed by atoms with van der Waals surface area (Å²) < 4.78 is 0. The Hall–Kier alpha value is -2.74. The Morgan fingerprint density at radius 1 is 0.500 bits per heavy atom. The Kier molecular flexibility index (Phi) is 7.85. The minimum absolute atomic E-state index is 0.603. The summed E-state index contributed by atoms with van der Waals surface area (Å²) in [6.45, 7) is 0. The van der Waals surface area contributed by atoms with E-state index in [0.717, 1.165) is 12.8 Å². The summed E-state index contributed by atoms with van der Waals surface area (Å²) in [4.78, 5) is 0. The average Bonchev–Trinajstić information content (AvgIpc) is 2.89. The van der Waals surface area contributed by atoms with Gasteiger partial charge in [-0.15, -0.1) is 0 Å². The molecule has 0 unspecified atom stereocenters. The van der Waals surface area contributed by atoms with Gasteiger partial charge in [-0.3, -0.25) is 0 Å². The first-order valence-corrected chi connectivity index (χ1v) is 13.6. The number of rotatable bonds is 8. The number of anilines is 2. The first-order valence-electron chi connectivity index (χ1n) is 13.6. The van der Waals surface area contributed by atoms with Crippen LogP contribution in [0.2, 0.25) is 0 Å². The van der Waals surface area contributed by atoms with E-state index in [9.17, 15) is 0 Å². The molecule has 2 nitrogen and oxygen atoms in total. The molecule has 0 amide bonds. The number of hydrogen-bond donors (Lipinski definition) is 2. The van der Waals surface area contributed by atoms with E-state index in [1.54, 1.807) is 0 Å². The highest BCUT2D eigenvalue weighted by atomic mass is 15.0. The van der Waals surface area contributed by atoms with Crippen molar-refractivity contribution in [3.63, 3.8) is 0 Å². The highest BCUT2D eigenvalue weighted by molar-refractivity contribution is 5.67. The zero-order chi connectivity index (χ0) is 23.0. The van der Waals surface area contributed by atoms with E-state index in [1.165, 1.54) is 97.8 Å². The fourth-order valence-corrected chi connectivity index (χ4v) is 5.82. The molecule has 2 aliphatic carbocycles. The topological polar surface area (TPSA) is 24.1 Å². The van der Waals surface area contributed by atoms with Gasteiger partial charge in [0.1, 0.15) is 0 Å². The van der Waals surface area contributed by atoms with Gasteiger partial charge in [0, 0.05) is 23.5 Å². The minimum atomic E-state index is 0.603. The van der Waals surface area contributed by atoms with Gasteiger partial charge in [-0.1, -0.05) is 105 Å².